The molecule has 1 saturated carbocycles. The number of rotatable bonds is 2. The van der Waals surface area contributed by atoms with Gasteiger partial charge in [-0.25, -0.2) is 4.98 Å². The molecule has 3 heterocycles. The maximum atomic E-state index is 12.9. The number of pyridine rings is 1. The van der Waals surface area contributed by atoms with Crippen LogP contribution in [0.4, 0.5) is 0 Å². The summed E-state index contributed by atoms with van der Waals surface area (Å²) in [5.74, 6) is 0.769. The van der Waals surface area contributed by atoms with Crippen molar-refractivity contribution in [3.05, 3.63) is 30.2 Å². The lowest BCUT2D eigenvalue weighted by Gasteiger charge is -2.35. The van der Waals surface area contributed by atoms with Crippen LogP contribution in [0.2, 0.25) is 0 Å². The van der Waals surface area contributed by atoms with Gasteiger partial charge in [-0.1, -0.05) is 0 Å². The Kier molecular flexibility index (Phi) is 2.68. The second-order valence-corrected chi connectivity index (χ2v) is 5.67. The molecule has 0 N–H and O–H groups in total. The minimum Gasteiger partial charge on any atom is -0.497 e. The van der Waals surface area contributed by atoms with E-state index in [0.717, 1.165) is 24.2 Å². The van der Waals surface area contributed by atoms with E-state index in [1.165, 1.54) is 0 Å². The Morgan fingerprint density at radius 1 is 1.48 bits per heavy atom. The van der Waals surface area contributed by atoms with E-state index in [1.807, 2.05) is 27.6 Å². The summed E-state index contributed by atoms with van der Waals surface area (Å²) in [5.41, 5.74) is 1.25. The van der Waals surface area contributed by atoms with Crippen molar-refractivity contribution in [2.24, 2.45) is 0 Å². The van der Waals surface area contributed by atoms with Crippen molar-refractivity contribution in [2.45, 2.75) is 18.4 Å². The molecule has 1 saturated heterocycles. The van der Waals surface area contributed by atoms with Crippen molar-refractivity contribution in [3.8, 4) is 5.75 Å². The summed E-state index contributed by atoms with van der Waals surface area (Å²) in [7, 11) is 1.62. The van der Waals surface area contributed by atoms with Gasteiger partial charge in [0.05, 0.1) is 32.1 Å². The molecule has 1 aliphatic carbocycles. The molecule has 0 atom stereocenters. The van der Waals surface area contributed by atoms with Crippen LogP contribution in [0.5, 0.6) is 5.75 Å². The number of hydrogen-bond acceptors (Lipinski definition) is 4. The van der Waals surface area contributed by atoms with Gasteiger partial charge in [0.25, 0.3) is 5.91 Å². The van der Waals surface area contributed by atoms with Gasteiger partial charge in [0, 0.05) is 18.8 Å². The van der Waals surface area contributed by atoms with Gasteiger partial charge in [0.2, 0.25) is 0 Å². The highest BCUT2D eigenvalue weighted by Crippen LogP contribution is 2.44. The lowest BCUT2D eigenvalue weighted by atomic mass is 10.2. The van der Waals surface area contributed by atoms with Crippen molar-refractivity contribution in [2.75, 3.05) is 26.9 Å². The van der Waals surface area contributed by atoms with Crippen LogP contribution in [0.1, 0.15) is 23.3 Å². The standard InChI is InChI=1S/C15H17N3O3/c1-20-11-2-5-17-12(9-16-13(17)8-11)14(19)18-6-7-21-10-15(18)3-4-15/h2,5,8-9H,3-4,6-7,10H2,1H3. The molecule has 1 amide bonds. The maximum Gasteiger partial charge on any atom is 0.273 e. The van der Waals surface area contributed by atoms with Gasteiger partial charge in [0.1, 0.15) is 17.1 Å². The lowest BCUT2D eigenvalue weighted by Crippen LogP contribution is -2.50. The van der Waals surface area contributed by atoms with E-state index in [-0.39, 0.29) is 11.4 Å². The highest BCUT2D eigenvalue weighted by molar-refractivity contribution is 5.94. The molecule has 0 bridgehead atoms. The molecule has 1 aliphatic heterocycles. The summed E-state index contributed by atoms with van der Waals surface area (Å²) in [6.07, 6.45) is 5.53. The van der Waals surface area contributed by atoms with Crippen LogP contribution < -0.4 is 4.74 Å². The predicted molar refractivity (Wildman–Crippen MR) is 75.6 cm³/mol. The summed E-state index contributed by atoms with van der Waals surface area (Å²) in [6.45, 7) is 1.92. The monoisotopic (exact) mass is 287 g/mol. The molecule has 2 fully saturated rings. The molecule has 1 spiro atoms. The van der Waals surface area contributed by atoms with Gasteiger partial charge >= 0.3 is 0 Å². The number of methoxy groups -OCH3 is 1. The number of ether oxygens (including phenoxy) is 2. The van der Waals surface area contributed by atoms with E-state index >= 15 is 0 Å². The Morgan fingerprint density at radius 3 is 3.10 bits per heavy atom. The number of amides is 1. The van der Waals surface area contributed by atoms with Crippen molar-refractivity contribution >= 4 is 11.6 Å². The first-order valence-corrected chi connectivity index (χ1v) is 7.14. The quantitative estimate of drug-likeness (QED) is 0.836. The number of carbonyl (C=O) groups is 1. The zero-order chi connectivity index (χ0) is 14.4. The minimum absolute atomic E-state index is 0.0356. The molecule has 0 aromatic carbocycles. The number of carbonyl (C=O) groups excluding carboxylic acids is 1. The Bertz CT molecular complexity index is 705. The maximum absolute atomic E-state index is 12.9. The molecule has 0 unspecified atom stereocenters. The largest absolute Gasteiger partial charge is 0.497 e. The fraction of sp³-hybridized carbons (Fsp3) is 0.467. The molecule has 21 heavy (non-hydrogen) atoms. The molecule has 2 aliphatic rings. The Morgan fingerprint density at radius 2 is 2.33 bits per heavy atom. The zero-order valence-corrected chi connectivity index (χ0v) is 11.9. The third-order valence-electron chi connectivity index (χ3n) is 4.41. The van der Waals surface area contributed by atoms with E-state index in [2.05, 4.69) is 4.98 Å². The number of hydrogen-bond donors (Lipinski definition) is 0. The first kappa shape index (κ1) is 12.6. The summed E-state index contributed by atoms with van der Waals surface area (Å²) < 4.78 is 12.5. The Hall–Kier alpha value is -2.08. The lowest BCUT2D eigenvalue weighted by molar-refractivity contribution is -0.0121. The number of nitrogens with zero attached hydrogens (tertiary/aromatic N) is 3. The number of aromatic nitrogens is 2. The molecule has 6 nitrogen and oxygen atoms in total. The average Bonchev–Trinajstić information content (AvgIpc) is 3.15. The van der Waals surface area contributed by atoms with E-state index in [0.29, 0.717) is 25.5 Å². The van der Waals surface area contributed by atoms with E-state index < -0.39 is 0 Å². The molecule has 6 heteroatoms. The van der Waals surface area contributed by atoms with Crippen molar-refractivity contribution in [3.63, 3.8) is 0 Å². The molecular formula is C15H17N3O3. The van der Waals surface area contributed by atoms with E-state index in [4.69, 9.17) is 9.47 Å². The van der Waals surface area contributed by atoms with Gasteiger partial charge in [0.15, 0.2) is 0 Å². The van der Waals surface area contributed by atoms with Gasteiger partial charge in [-0.3, -0.25) is 9.20 Å². The second-order valence-electron chi connectivity index (χ2n) is 5.67. The van der Waals surface area contributed by atoms with E-state index in [9.17, 15) is 4.79 Å². The van der Waals surface area contributed by atoms with Crippen LogP contribution in [0.25, 0.3) is 5.65 Å². The highest BCUT2D eigenvalue weighted by atomic mass is 16.5. The molecule has 2 aromatic rings. The van der Waals surface area contributed by atoms with Crippen molar-refractivity contribution < 1.29 is 14.3 Å². The first-order chi connectivity index (χ1) is 10.2. The summed E-state index contributed by atoms with van der Waals surface area (Å²) in [6, 6.07) is 3.65. The fourth-order valence-corrected chi connectivity index (χ4v) is 2.99. The average molecular weight is 287 g/mol. The number of fused-ring (bicyclic) bond motifs is 1. The Balaban J connectivity index is 1.71. The molecule has 0 radical (unpaired) electrons. The van der Waals surface area contributed by atoms with Crippen LogP contribution in [0, 0.1) is 0 Å². The fourth-order valence-electron chi connectivity index (χ4n) is 2.99. The topological polar surface area (TPSA) is 56.1 Å². The van der Waals surface area contributed by atoms with Gasteiger partial charge in [-0.15, -0.1) is 0 Å². The van der Waals surface area contributed by atoms with Crippen LogP contribution >= 0.6 is 0 Å². The van der Waals surface area contributed by atoms with Gasteiger partial charge in [-0.05, 0) is 18.9 Å². The third kappa shape index (κ3) is 1.90. The zero-order valence-electron chi connectivity index (χ0n) is 11.9. The normalized spacial score (nSPS) is 20.0. The van der Waals surface area contributed by atoms with Crippen molar-refractivity contribution in [1.82, 2.24) is 14.3 Å². The molecule has 4 rings (SSSR count). The van der Waals surface area contributed by atoms with Crippen LogP contribution in [0.3, 0.4) is 0 Å². The summed E-state index contributed by atoms with van der Waals surface area (Å²) in [4.78, 5) is 19.1. The van der Waals surface area contributed by atoms with Crippen molar-refractivity contribution in [1.29, 1.82) is 0 Å². The predicted octanol–water partition coefficient (Wildman–Crippen LogP) is 1.35. The highest BCUT2D eigenvalue weighted by Gasteiger charge is 2.52. The molecule has 110 valence electrons. The summed E-state index contributed by atoms with van der Waals surface area (Å²) in [5, 5.41) is 0. The smallest absolute Gasteiger partial charge is 0.273 e. The number of imidazole rings is 1. The first-order valence-electron chi connectivity index (χ1n) is 7.14. The summed E-state index contributed by atoms with van der Waals surface area (Å²) >= 11 is 0. The van der Waals surface area contributed by atoms with Crippen LogP contribution in [0.15, 0.2) is 24.5 Å². The molecular weight excluding hydrogens is 270 g/mol. The van der Waals surface area contributed by atoms with E-state index in [1.54, 1.807) is 13.3 Å². The Labute approximate surface area is 122 Å². The minimum atomic E-state index is -0.0635. The van der Waals surface area contributed by atoms with Gasteiger partial charge in [-0.2, -0.15) is 0 Å². The molecule has 2 aromatic heterocycles. The van der Waals surface area contributed by atoms with Crippen LogP contribution in [-0.2, 0) is 4.74 Å². The third-order valence-corrected chi connectivity index (χ3v) is 4.41. The van der Waals surface area contributed by atoms with Gasteiger partial charge < -0.3 is 14.4 Å². The SMILES string of the molecule is COc1ccn2c(C(=O)N3CCOCC34CC4)cnc2c1. The number of morpholine rings is 1. The second kappa shape index (κ2) is 4.46. The van der Waals surface area contributed by atoms with Crippen LogP contribution in [-0.4, -0.2) is 52.6 Å².